The lowest BCUT2D eigenvalue weighted by molar-refractivity contribution is 0.439. The molecule has 2 saturated heterocycles. The molecule has 42 valence electrons. The van der Waals surface area contributed by atoms with Crippen LogP contribution < -0.4 is 0 Å². The number of rotatable bonds is 0. The number of epoxide rings is 2. The van der Waals surface area contributed by atoms with Crippen LogP contribution >= 0.6 is 0 Å². The zero-order valence-electron chi connectivity index (χ0n) is 4.39. The standard InChI is InChI=1S/C6H6O2/c1(5-3-7-5)2-6-4-8-6/h5-6H,3-4H2. The van der Waals surface area contributed by atoms with Crippen LogP contribution in [-0.4, -0.2) is 25.4 Å². The fourth-order valence-corrected chi connectivity index (χ4v) is 0.449. The zero-order chi connectivity index (χ0) is 5.40. The van der Waals surface area contributed by atoms with Crippen molar-refractivity contribution in [1.29, 1.82) is 0 Å². The summed E-state index contributed by atoms with van der Waals surface area (Å²) in [6.45, 7) is 1.64. The third-order valence-corrected chi connectivity index (χ3v) is 1.07. The van der Waals surface area contributed by atoms with Crippen molar-refractivity contribution in [3.8, 4) is 11.8 Å². The molecule has 2 nitrogen and oxygen atoms in total. The minimum Gasteiger partial charge on any atom is -0.359 e. The summed E-state index contributed by atoms with van der Waals surface area (Å²) in [7, 11) is 0. The Bertz CT molecular complexity index is 130. The fraction of sp³-hybridized carbons (Fsp3) is 0.667. The number of hydrogen-bond donors (Lipinski definition) is 0. The quantitative estimate of drug-likeness (QED) is 0.318. The molecule has 0 bridgehead atoms. The van der Waals surface area contributed by atoms with E-state index in [4.69, 9.17) is 9.47 Å². The molecule has 2 rings (SSSR count). The number of hydrogen-bond acceptors (Lipinski definition) is 2. The summed E-state index contributed by atoms with van der Waals surface area (Å²) in [5.74, 6) is 5.84. The largest absolute Gasteiger partial charge is 0.359 e. The maximum absolute atomic E-state index is 4.86. The van der Waals surface area contributed by atoms with Crippen LogP contribution in [0.25, 0.3) is 0 Å². The van der Waals surface area contributed by atoms with Gasteiger partial charge < -0.3 is 9.47 Å². The first-order valence-corrected chi connectivity index (χ1v) is 2.69. The van der Waals surface area contributed by atoms with Crippen molar-refractivity contribution in [3.05, 3.63) is 0 Å². The Kier molecular flexibility index (Phi) is 0.806. The second kappa shape index (κ2) is 1.48. The van der Waals surface area contributed by atoms with Gasteiger partial charge in [0.15, 0.2) is 0 Å². The van der Waals surface area contributed by atoms with Crippen LogP contribution in [0.15, 0.2) is 0 Å². The predicted molar refractivity (Wildman–Crippen MR) is 27.3 cm³/mol. The lowest BCUT2D eigenvalue weighted by atomic mass is 10.4. The summed E-state index contributed by atoms with van der Waals surface area (Å²) in [5, 5.41) is 0. The third kappa shape index (κ3) is 1.00. The molecule has 0 aromatic heterocycles. The Morgan fingerprint density at radius 2 is 1.38 bits per heavy atom. The van der Waals surface area contributed by atoms with E-state index in [-0.39, 0.29) is 12.2 Å². The molecule has 2 heterocycles. The summed E-state index contributed by atoms with van der Waals surface area (Å²) in [4.78, 5) is 0. The van der Waals surface area contributed by atoms with E-state index in [9.17, 15) is 0 Å². The van der Waals surface area contributed by atoms with Crippen molar-refractivity contribution < 1.29 is 9.47 Å². The summed E-state index contributed by atoms with van der Waals surface area (Å²) in [6, 6.07) is 0. The molecule has 0 saturated carbocycles. The van der Waals surface area contributed by atoms with Crippen LogP contribution in [0.2, 0.25) is 0 Å². The van der Waals surface area contributed by atoms with Crippen LogP contribution in [0.5, 0.6) is 0 Å². The van der Waals surface area contributed by atoms with Crippen LogP contribution in [0.3, 0.4) is 0 Å². The first-order chi connectivity index (χ1) is 3.95. The van der Waals surface area contributed by atoms with Gasteiger partial charge in [-0.2, -0.15) is 0 Å². The van der Waals surface area contributed by atoms with Crippen molar-refractivity contribution >= 4 is 0 Å². The molecular formula is C6H6O2. The van der Waals surface area contributed by atoms with Gasteiger partial charge in [0, 0.05) is 0 Å². The zero-order valence-corrected chi connectivity index (χ0v) is 4.39. The van der Waals surface area contributed by atoms with Gasteiger partial charge in [-0.1, -0.05) is 11.8 Å². The van der Waals surface area contributed by atoms with Crippen LogP contribution in [0.1, 0.15) is 0 Å². The van der Waals surface area contributed by atoms with E-state index in [1.165, 1.54) is 0 Å². The van der Waals surface area contributed by atoms with Crippen molar-refractivity contribution in [1.82, 2.24) is 0 Å². The molecule has 2 aliphatic rings. The molecule has 0 N–H and O–H groups in total. The van der Waals surface area contributed by atoms with Crippen molar-refractivity contribution in [2.45, 2.75) is 12.2 Å². The molecule has 2 aliphatic heterocycles. The van der Waals surface area contributed by atoms with Gasteiger partial charge in [0.2, 0.25) is 0 Å². The van der Waals surface area contributed by atoms with Gasteiger partial charge in [0.25, 0.3) is 0 Å². The van der Waals surface area contributed by atoms with Crippen LogP contribution in [0, 0.1) is 11.8 Å². The Hall–Kier alpha value is -0.520. The van der Waals surface area contributed by atoms with E-state index >= 15 is 0 Å². The summed E-state index contributed by atoms with van der Waals surface area (Å²) in [6.07, 6.45) is 0.471. The van der Waals surface area contributed by atoms with E-state index in [2.05, 4.69) is 11.8 Å². The van der Waals surface area contributed by atoms with E-state index in [1.54, 1.807) is 0 Å². The Morgan fingerprint density at radius 1 is 1.00 bits per heavy atom. The van der Waals surface area contributed by atoms with Gasteiger partial charge in [-0.05, 0) is 0 Å². The summed E-state index contributed by atoms with van der Waals surface area (Å²) >= 11 is 0. The normalized spacial score (nSPS) is 40.0. The summed E-state index contributed by atoms with van der Waals surface area (Å²) < 4.78 is 9.72. The Morgan fingerprint density at radius 3 is 1.62 bits per heavy atom. The van der Waals surface area contributed by atoms with Gasteiger partial charge in [-0.15, -0.1) is 0 Å². The van der Waals surface area contributed by atoms with Crippen LogP contribution in [0.4, 0.5) is 0 Å². The molecule has 2 fully saturated rings. The predicted octanol–water partition coefficient (Wildman–Crippen LogP) is -0.213. The molecule has 2 heteroatoms. The molecule has 0 aliphatic carbocycles. The van der Waals surface area contributed by atoms with Gasteiger partial charge in [0.05, 0.1) is 13.2 Å². The first kappa shape index (κ1) is 4.37. The van der Waals surface area contributed by atoms with E-state index in [1.807, 2.05) is 0 Å². The SMILES string of the molecule is C(#CC1CO1)C1CO1. The lowest BCUT2D eigenvalue weighted by Crippen LogP contribution is -1.79. The van der Waals surface area contributed by atoms with E-state index in [0.717, 1.165) is 13.2 Å². The van der Waals surface area contributed by atoms with Gasteiger partial charge in [0.1, 0.15) is 12.2 Å². The van der Waals surface area contributed by atoms with Crippen molar-refractivity contribution in [2.24, 2.45) is 0 Å². The van der Waals surface area contributed by atoms with E-state index < -0.39 is 0 Å². The fourth-order valence-electron chi connectivity index (χ4n) is 0.449. The third-order valence-electron chi connectivity index (χ3n) is 1.07. The smallest absolute Gasteiger partial charge is 0.141 e. The minimum atomic E-state index is 0.235. The number of ether oxygens (including phenoxy) is 2. The minimum absolute atomic E-state index is 0.235. The second-order valence-corrected chi connectivity index (χ2v) is 1.93. The highest BCUT2D eigenvalue weighted by Crippen LogP contribution is 2.09. The van der Waals surface area contributed by atoms with Gasteiger partial charge in [-0.3, -0.25) is 0 Å². The molecule has 0 radical (unpaired) electrons. The summed E-state index contributed by atoms with van der Waals surface area (Å²) in [5.41, 5.74) is 0. The molecule has 0 amide bonds. The Balaban J connectivity index is 1.85. The van der Waals surface area contributed by atoms with Crippen molar-refractivity contribution in [3.63, 3.8) is 0 Å². The Labute approximate surface area is 47.8 Å². The maximum Gasteiger partial charge on any atom is 0.141 e. The molecule has 8 heavy (non-hydrogen) atoms. The lowest BCUT2D eigenvalue weighted by Gasteiger charge is -1.66. The van der Waals surface area contributed by atoms with Crippen molar-refractivity contribution in [2.75, 3.05) is 13.2 Å². The molecule has 0 spiro atoms. The highest BCUT2D eigenvalue weighted by molar-refractivity contribution is 5.16. The monoisotopic (exact) mass is 110 g/mol. The first-order valence-electron chi connectivity index (χ1n) is 2.69. The highest BCUT2D eigenvalue weighted by Gasteiger charge is 2.22. The molecule has 2 unspecified atom stereocenters. The molecule has 0 aromatic carbocycles. The topological polar surface area (TPSA) is 25.1 Å². The van der Waals surface area contributed by atoms with Gasteiger partial charge in [-0.25, -0.2) is 0 Å². The van der Waals surface area contributed by atoms with E-state index in [0.29, 0.717) is 0 Å². The average molecular weight is 110 g/mol. The average Bonchev–Trinajstić information content (AvgIpc) is 2.60. The second-order valence-electron chi connectivity index (χ2n) is 1.93. The van der Waals surface area contributed by atoms with Gasteiger partial charge >= 0.3 is 0 Å². The molecular weight excluding hydrogens is 104 g/mol. The van der Waals surface area contributed by atoms with Crippen LogP contribution in [-0.2, 0) is 9.47 Å². The highest BCUT2D eigenvalue weighted by atomic mass is 16.6. The maximum atomic E-state index is 4.86. The molecule has 2 atom stereocenters. The molecule has 0 aromatic rings.